The monoisotopic (exact) mass is 391 g/mol. The number of esters is 1. The van der Waals surface area contributed by atoms with E-state index in [1.807, 2.05) is 13.0 Å². The predicted molar refractivity (Wildman–Crippen MR) is 108 cm³/mol. The number of hydrogen-bond donors (Lipinski definition) is 1. The Bertz CT molecular complexity index is 640. The molecule has 1 aliphatic rings. The molecule has 1 aromatic rings. The van der Waals surface area contributed by atoms with Gasteiger partial charge in [-0.25, -0.2) is 4.79 Å². The fourth-order valence-electron chi connectivity index (χ4n) is 3.64. The van der Waals surface area contributed by atoms with Crippen LogP contribution in [0.25, 0.3) is 0 Å². The lowest BCUT2D eigenvalue weighted by Crippen LogP contribution is -2.31. The molecule has 0 bridgehead atoms. The van der Waals surface area contributed by atoms with Gasteiger partial charge < -0.3 is 19.5 Å². The van der Waals surface area contributed by atoms with E-state index < -0.39 is 6.10 Å². The number of nitrogens with one attached hydrogen (secondary N) is 1. The van der Waals surface area contributed by atoms with Crippen LogP contribution in [-0.4, -0.2) is 44.8 Å². The van der Waals surface area contributed by atoms with Crippen LogP contribution in [0.1, 0.15) is 61.9 Å². The summed E-state index contributed by atoms with van der Waals surface area (Å²) in [5.74, 6) is 0.545. The number of carbonyl (C=O) groups is 2. The minimum atomic E-state index is -0.684. The van der Waals surface area contributed by atoms with Crippen molar-refractivity contribution in [2.75, 3.05) is 26.9 Å². The maximum atomic E-state index is 12.8. The van der Waals surface area contributed by atoms with Gasteiger partial charge in [0.25, 0.3) is 5.91 Å². The number of rotatable bonds is 10. The second-order valence-electron chi connectivity index (χ2n) is 7.15. The number of ether oxygens (including phenoxy) is 3. The standard InChI is InChI=1S/C22H33NO5/c1-4-27-20(22(25)28-5-2)14-17-11-12-19(26-3)18(13-17)21(24)23-15-16-9-7-6-8-10-16/h11-13,16,20H,4-10,14-15H2,1-3H3,(H,23,24). The number of carbonyl (C=O) groups excluding carboxylic acids is 2. The Morgan fingerprint density at radius 2 is 1.89 bits per heavy atom. The van der Waals surface area contributed by atoms with Crippen LogP contribution < -0.4 is 10.1 Å². The van der Waals surface area contributed by atoms with Crippen molar-refractivity contribution in [3.63, 3.8) is 0 Å². The van der Waals surface area contributed by atoms with Crippen molar-refractivity contribution in [1.29, 1.82) is 0 Å². The topological polar surface area (TPSA) is 73.9 Å². The number of hydrogen-bond acceptors (Lipinski definition) is 5. The maximum Gasteiger partial charge on any atom is 0.335 e. The van der Waals surface area contributed by atoms with Crippen LogP contribution >= 0.6 is 0 Å². The van der Waals surface area contributed by atoms with Crippen LogP contribution in [0.3, 0.4) is 0 Å². The van der Waals surface area contributed by atoms with Gasteiger partial charge >= 0.3 is 5.97 Å². The summed E-state index contributed by atoms with van der Waals surface area (Å²) >= 11 is 0. The Kier molecular flexibility index (Phi) is 9.28. The summed E-state index contributed by atoms with van der Waals surface area (Å²) in [5.41, 5.74) is 1.31. The summed E-state index contributed by atoms with van der Waals surface area (Å²) in [7, 11) is 1.55. The van der Waals surface area contributed by atoms with Gasteiger partial charge in [0.15, 0.2) is 6.10 Å². The molecule has 0 spiro atoms. The van der Waals surface area contributed by atoms with Crippen LogP contribution in [0, 0.1) is 5.92 Å². The third kappa shape index (κ3) is 6.51. The SMILES string of the molecule is CCOC(=O)C(Cc1ccc(OC)c(C(=O)NCC2CCCCC2)c1)OCC. The first-order valence-corrected chi connectivity index (χ1v) is 10.3. The van der Waals surface area contributed by atoms with Crippen LogP contribution in [0.15, 0.2) is 18.2 Å². The summed E-state index contributed by atoms with van der Waals surface area (Å²) in [4.78, 5) is 24.9. The Morgan fingerprint density at radius 3 is 2.54 bits per heavy atom. The lowest BCUT2D eigenvalue weighted by Gasteiger charge is -2.22. The lowest BCUT2D eigenvalue weighted by atomic mass is 9.89. The van der Waals surface area contributed by atoms with Gasteiger partial charge in [-0.1, -0.05) is 25.3 Å². The highest BCUT2D eigenvalue weighted by molar-refractivity contribution is 5.97. The van der Waals surface area contributed by atoms with Gasteiger partial charge in [-0.15, -0.1) is 0 Å². The summed E-state index contributed by atoms with van der Waals surface area (Å²) < 4.78 is 16.0. The van der Waals surface area contributed by atoms with E-state index in [9.17, 15) is 9.59 Å². The zero-order valence-electron chi connectivity index (χ0n) is 17.3. The smallest absolute Gasteiger partial charge is 0.335 e. The van der Waals surface area contributed by atoms with Crippen LogP contribution in [0.2, 0.25) is 0 Å². The van der Waals surface area contributed by atoms with Gasteiger partial charge in [0.05, 0.1) is 19.3 Å². The molecular weight excluding hydrogens is 358 g/mol. The van der Waals surface area contributed by atoms with Crippen molar-refractivity contribution in [2.45, 2.75) is 58.5 Å². The summed E-state index contributed by atoms with van der Waals surface area (Å²) in [5, 5.41) is 3.05. The van der Waals surface area contributed by atoms with Crippen molar-refractivity contribution in [1.82, 2.24) is 5.32 Å². The first kappa shape index (κ1) is 22.2. The minimum Gasteiger partial charge on any atom is -0.496 e. The molecule has 1 aliphatic carbocycles. The van der Waals surface area contributed by atoms with E-state index in [2.05, 4.69) is 5.32 Å². The Hall–Kier alpha value is -2.08. The highest BCUT2D eigenvalue weighted by atomic mass is 16.6. The zero-order chi connectivity index (χ0) is 20.4. The largest absolute Gasteiger partial charge is 0.496 e. The molecule has 1 saturated carbocycles. The molecule has 1 unspecified atom stereocenters. The number of amides is 1. The van der Waals surface area contributed by atoms with E-state index in [-0.39, 0.29) is 11.9 Å². The molecule has 28 heavy (non-hydrogen) atoms. The molecule has 156 valence electrons. The van der Waals surface area contributed by atoms with Crippen molar-refractivity contribution < 1.29 is 23.8 Å². The third-order valence-electron chi connectivity index (χ3n) is 5.12. The Labute approximate surface area is 167 Å². The van der Waals surface area contributed by atoms with Crippen molar-refractivity contribution in [2.24, 2.45) is 5.92 Å². The summed E-state index contributed by atoms with van der Waals surface area (Å²) in [6.07, 6.45) is 5.79. The first-order valence-electron chi connectivity index (χ1n) is 10.3. The van der Waals surface area contributed by atoms with E-state index in [1.54, 1.807) is 26.2 Å². The third-order valence-corrected chi connectivity index (χ3v) is 5.12. The molecule has 1 amide bonds. The predicted octanol–water partition coefficient (Wildman–Crippen LogP) is 3.52. The molecule has 1 atom stereocenters. The molecule has 1 aromatic carbocycles. The molecule has 1 N–H and O–H groups in total. The molecule has 6 nitrogen and oxygen atoms in total. The fraction of sp³-hybridized carbons (Fsp3) is 0.636. The van der Waals surface area contributed by atoms with E-state index in [4.69, 9.17) is 14.2 Å². The van der Waals surface area contributed by atoms with Crippen molar-refractivity contribution in [3.05, 3.63) is 29.3 Å². The quantitative estimate of drug-likeness (QED) is 0.618. The molecule has 0 radical (unpaired) electrons. The van der Waals surface area contributed by atoms with Gasteiger partial charge in [-0.05, 0) is 50.3 Å². The van der Waals surface area contributed by atoms with Gasteiger partial charge in [0.1, 0.15) is 5.75 Å². The Balaban J connectivity index is 2.08. The first-order chi connectivity index (χ1) is 13.6. The molecule has 0 heterocycles. The van der Waals surface area contributed by atoms with Gasteiger partial charge in [-0.3, -0.25) is 4.79 Å². The molecule has 6 heteroatoms. The maximum absolute atomic E-state index is 12.8. The van der Waals surface area contributed by atoms with Crippen molar-refractivity contribution >= 4 is 11.9 Å². The van der Waals surface area contributed by atoms with Crippen LogP contribution in [0.4, 0.5) is 0 Å². The normalized spacial score (nSPS) is 15.7. The molecule has 1 fully saturated rings. The highest BCUT2D eigenvalue weighted by Crippen LogP contribution is 2.24. The van der Waals surface area contributed by atoms with E-state index >= 15 is 0 Å². The van der Waals surface area contributed by atoms with E-state index in [0.717, 1.165) is 5.56 Å². The van der Waals surface area contributed by atoms with Crippen LogP contribution in [-0.2, 0) is 20.7 Å². The van der Waals surface area contributed by atoms with E-state index in [1.165, 1.54) is 32.1 Å². The molecular formula is C22H33NO5. The average molecular weight is 392 g/mol. The second kappa shape index (κ2) is 11.7. The molecule has 0 saturated heterocycles. The summed E-state index contributed by atoms with van der Waals surface area (Å²) in [6.45, 7) is 5.01. The van der Waals surface area contributed by atoms with Gasteiger partial charge in [-0.2, -0.15) is 0 Å². The molecule has 0 aliphatic heterocycles. The average Bonchev–Trinajstić information content (AvgIpc) is 2.72. The highest BCUT2D eigenvalue weighted by Gasteiger charge is 2.22. The second-order valence-corrected chi connectivity index (χ2v) is 7.15. The number of methoxy groups -OCH3 is 1. The Morgan fingerprint density at radius 1 is 1.14 bits per heavy atom. The van der Waals surface area contributed by atoms with Gasteiger partial charge in [0.2, 0.25) is 0 Å². The van der Waals surface area contributed by atoms with E-state index in [0.29, 0.717) is 43.4 Å². The van der Waals surface area contributed by atoms with Gasteiger partial charge in [0, 0.05) is 19.6 Å². The fourth-order valence-corrected chi connectivity index (χ4v) is 3.64. The minimum absolute atomic E-state index is 0.145. The zero-order valence-corrected chi connectivity index (χ0v) is 17.3. The molecule has 0 aromatic heterocycles. The molecule has 2 rings (SSSR count). The van der Waals surface area contributed by atoms with Crippen LogP contribution in [0.5, 0.6) is 5.75 Å². The lowest BCUT2D eigenvalue weighted by molar-refractivity contribution is -0.156. The number of benzene rings is 1. The summed E-state index contributed by atoms with van der Waals surface area (Å²) in [6, 6.07) is 5.39. The van der Waals surface area contributed by atoms with Crippen molar-refractivity contribution in [3.8, 4) is 5.75 Å².